The molecule has 0 aromatic heterocycles. The number of hydrogen-bond donors (Lipinski definition) is 1. The fourth-order valence-electron chi connectivity index (χ4n) is 7.20. The molecule has 0 saturated heterocycles. The molecular weight excluding hydrogens is 324 g/mol. The van der Waals surface area contributed by atoms with Crippen molar-refractivity contribution < 1.29 is 14.6 Å². The lowest BCUT2D eigenvalue weighted by atomic mass is 9.47. The Hall–Kier alpha value is -0.380. The SMILES string of the molecule is C.CCOC1(OC)CCC2(C)C(=CCC3C2CCC2(C)C(O)CCC32)C1. The van der Waals surface area contributed by atoms with Crippen LogP contribution in [0.15, 0.2) is 11.6 Å². The maximum atomic E-state index is 10.6. The van der Waals surface area contributed by atoms with Crippen molar-refractivity contribution in [3.05, 3.63) is 11.6 Å². The van der Waals surface area contributed by atoms with Crippen molar-refractivity contribution in [1.29, 1.82) is 0 Å². The van der Waals surface area contributed by atoms with Crippen LogP contribution in [0.25, 0.3) is 0 Å². The summed E-state index contributed by atoms with van der Waals surface area (Å²) >= 11 is 0. The molecule has 4 aliphatic carbocycles. The van der Waals surface area contributed by atoms with E-state index in [4.69, 9.17) is 9.47 Å². The molecule has 0 heterocycles. The summed E-state index contributed by atoms with van der Waals surface area (Å²) in [6.45, 7) is 7.64. The van der Waals surface area contributed by atoms with Crippen LogP contribution >= 0.6 is 0 Å². The molecule has 0 aliphatic heterocycles. The van der Waals surface area contributed by atoms with Crippen molar-refractivity contribution in [2.75, 3.05) is 13.7 Å². The van der Waals surface area contributed by atoms with Gasteiger partial charge in [-0.15, -0.1) is 0 Å². The van der Waals surface area contributed by atoms with Crippen LogP contribution in [0.4, 0.5) is 0 Å². The molecule has 0 amide bonds. The average molecular weight is 365 g/mol. The van der Waals surface area contributed by atoms with Gasteiger partial charge in [0.2, 0.25) is 0 Å². The summed E-state index contributed by atoms with van der Waals surface area (Å²) in [6, 6.07) is 0. The topological polar surface area (TPSA) is 38.7 Å². The van der Waals surface area contributed by atoms with E-state index in [-0.39, 0.29) is 18.9 Å². The van der Waals surface area contributed by atoms with Crippen molar-refractivity contribution in [3.63, 3.8) is 0 Å². The normalized spacial score (nSPS) is 50.1. The molecule has 0 spiro atoms. The Morgan fingerprint density at radius 1 is 1.12 bits per heavy atom. The number of allylic oxidation sites excluding steroid dienone is 1. The number of rotatable bonds is 3. The first kappa shape index (κ1) is 20.4. The van der Waals surface area contributed by atoms with E-state index in [1.165, 1.54) is 32.1 Å². The second-order valence-electron chi connectivity index (χ2n) is 9.62. The molecule has 0 aromatic rings. The standard InChI is InChI=1S/C22H36O3.CH4/c1-5-25-22(24-4)13-12-20(2)15(14-22)6-7-16-17-8-9-19(23)21(17,3)11-10-18(16)20;/h6,16-19,23H,5,7-14H2,1-4H3;1H4. The van der Waals surface area contributed by atoms with Crippen LogP contribution in [0.5, 0.6) is 0 Å². The van der Waals surface area contributed by atoms with Crippen LogP contribution in [0, 0.1) is 28.6 Å². The third-order valence-corrected chi connectivity index (χ3v) is 8.84. The first-order valence-corrected chi connectivity index (χ1v) is 10.5. The zero-order chi connectivity index (χ0) is 17.9. The zero-order valence-corrected chi connectivity index (χ0v) is 16.5. The van der Waals surface area contributed by atoms with Gasteiger partial charge in [-0.05, 0) is 74.0 Å². The monoisotopic (exact) mass is 364 g/mol. The molecule has 0 aromatic carbocycles. The summed E-state index contributed by atoms with van der Waals surface area (Å²) in [5, 5.41) is 10.6. The molecule has 26 heavy (non-hydrogen) atoms. The van der Waals surface area contributed by atoms with Crippen LogP contribution in [0.3, 0.4) is 0 Å². The predicted octanol–water partition coefficient (Wildman–Crippen LogP) is 5.33. The Bertz CT molecular complexity index is 558. The predicted molar refractivity (Wildman–Crippen MR) is 106 cm³/mol. The number of aliphatic hydroxyl groups is 1. The molecule has 0 radical (unpaired) electrons. The third kappa shape index (κ3) is 2.72. The van der Waals surface area contributed by atoms with E-state index in [9.17, 15) is 5.11 Å². The highest BCUT2D eigenvalue weighted by molar-refractivity contribution is 5.26. The van der Waals surface area contributed by atoms with Gasteiger partial charge in [0.15, 0.2) is 5.79 Å². The van der Waals surface area contributed by atoms with Gasteiger partial charge in [-0.3, -0.25) is 0 Å². The van der Waals surface area contributed by atoms with E-state index < -0.39 is 5.79 Å². The second-order valence-corrected chi connectivity index (χ2v) is 9.62. The van der Waals surface area contributed by atoms with E-state index in [2.05, 4.69) is 26.8 Å². The van der Waals surface area contributed by atoms with Gasteiger partial charge in [0, 0.05) is 26.6 Å². The number of methoxy groups -OCH3 is 1. The van der Waals surface area contributed by atoms with E-state index in [1.807, 2.05) is 0 Å². The van der Waals surface area contributed by atoms with Crippen molar-refractivity contribution in [1.82, 2.24) is 0 Å². The number of aliphatic hydroxyl groups excluding tert-OH is 1. The van der Waals surface area contributed by atoms with E-state index >= 15 is 0 Å². The Balaban J connectivity index is 0.00000196. The minimum Gasteiger partial charge on any atom is -0.393 e. The maximum Gasteiger partial charge on any atom is 0.171 e. The molecule has 3 saturated carbocycles. The number of ether oxygens (including phenoxy) is 2. The smallest absolute Gasteiger partial charge is 0.171 e. The molecule has 7 unspecified atom stereocenters. The summed E-state index contributed by atoms with van der Waals surface area (Å²) in [7, 11) is 1.80. The quantitative estimate of drug-likeness (QED) is 0.544. The van der Waals surface area contributed by atoms with Gasteiger partial charge in [0.1, 0.15) is 0 Å². The Morgan fingerprint density at radius 3 is 2.58 bits per heavy atom. The molecule has 4 rings (SSSR count). The fourth-order valence-corrected chi connectivity index (χ4v) is 7.20. The van der Waals surface area contributed by atoms with Crippen molar-refractivity contribution in [3.8, 4) is 0 Å². The molecule has 3 heteroatoms. The van der Waals surface area contributed by atoms with Crippen molar-refractivity contribution >= 4 is 0 Å². The van der Waals surface area contributed by atoms with Crippen LogP contribution in [-0.4, -0.2) is 30.7 Å². The molecule has 0 bridgehead atoms. The van der Waals surface area contributed by atoms with Crippen LogP contribution in [-0.2, 0) is 9.47 Å². The molecule has 7 atom stereocenters. The molecule has 4 aliphatic rings. The first-order chi connectivity index (χ1) is 11.9. The Morgan fingerprint density at radius 2 is 1.88 bits per heavy atom. The minimum absolute atomic E-state index is 0. The highest BCUT2D eigenvalue weighted by Gasteiger charge is 2.59. The lowest BCUT2D eigenvalue weighted by molar-refractivity contribution is -0.239. The van der Waals surface area contributed by atoms with Gasteiger partial charge in [-0.25, -0.2) is 0 Å². The number of fused-ring (bicyclic) bond motifs is 5. The summed E-state index contributed by atoms with van der Waals surface area (Å²) in [5.41, 5.74) is 2.05. The third-order valence-electron chi connectivity index (χ3n) is 8.84. The van der Waals surface area contributed by atoms with Crippen LogP contribution in [0.2, 0.25) is 0 Å². The molecule has 150 valence electrons. The van der Waals surface area contributed by atoms with E-state index in [1.54, 1.807) is 12.7 Å². The lowest BCUT2D eigenvalue weighted by Gasteiger charge is -2.58. The largest absolute Gasteiger partial charge is 0.393 e. The van der Waals surface area contributed by atoms with Gasteiger partial charge in [-0.2, -0.15) is 0 Å². The van der Waals surface area contributed by atoms with E-state index in [0.717, 1.165) is 31.1 Å². The zero-order valence-electron chi connectivity index (χ0n) is 16.5. The molecule has 3 nitrogen and oxygen atoms in total. The average Bonchev–Trinajstić information content (AvgIpc) is 2.91. The van der Waals surface area contributed by atoms with Crippen molar-refractivity contribution in [2.45, 2.75) is 91.5 Å². The van der Waals surface area contributed by atoms with Gasteiger partial charge in [0.25, 0.3) is 0 Å². The van der Waals surface area contributed by atoms with Crippen molar-refractivity contribution in [2.24, 2.45) is 28.6 Å². The highest BCUT2D eigenvalue weighted by Crippen LogP contribution is 2.65. The van der Waals surface area contributed by atoms with Gasteiger partial charge in [0.05, 0.1) is 6.10 Å². The molecule has 3 fully saturated rings. The summed E-state index contributed by atoms with van der Waals surface area (Å²) in [4.78, 5) is 0. The first-order valence-electron chi connectivity index (χ1n) is 10.5. The Labute approximate surface area is 160 Å². The summed E-state index contributed by atoms with van der Waals surface area (Å²) in [6.07, 6.45) is 11.4. The van der Waals surface area contributed by atoms with Gasteiger partial charge >= 0.3 is 0 Å². The minimum atomic E-state index is -0.403. The van der Waals surface area contributed by atoms with E-state index in [0.29, 0.717) is 17.9 Å². The number of hydrogen-bond acceptors (Lipinski definition) is 3. The summed E-state index contributed by atoms with van der Waals surface area (Å²) < 4.78 is 11.9. The van der Waals surface area contributed by atoms with Gasteiger partial charge in [-0.1, -0.05) is 32.9 Å². The fraction of sp³-hybridized carbons (Fsp3) is 0.913. The van der Waals surface area contributed by atoms with Crippen LogP contribution in [0.1, 0.15) is 79.6 Å². The Kier molecular flexibility index (Phi) is 5.40. The molecular formula is C23H40O3. The maximum absolute atomic E-state index is 10.6. The van der Waals surface area contributed by atoms with Gasteiger partial charge < -0.3 is 14.6 Å². The highest BCUT2D eigenvalue weighted by atomic mass is 16.7. The van der Waals surface area contributed by atoms with Crippen LogP contribution < -0.4 is 0 Å². The second kappa shape index (κ2) is 6.90. The molecule has 1 N–H and O–H groups in total. The lowest BCUT2D eigenvalue weighted by Crippen LogP contribution is -2.53. The summed E-state index contributed by atoms with van der Waals surface area (Å²) in [5.74, 6) is 1.83.